The zero-order valence-corrected chi connectivity index (χ0v) is 20.1. The Morgan fingerprint density at radius 3 is 2.40 bits per heavy atom. The number of benzene rings is 3. The van der Waals surface area contributed by atoms with Crippen LogP contribution in [0.5, 0.6) is 5.75 Å². The van der Waals surface area contributed by atoms with E-state index in [2.05, 4.69) is 14.9 Å². The molecule has 35 heavy (non-hydrogen) atoms. The minimum absolute atomic E-state index is 0.0212. The predicted octanol–water partition coefficient (Wildman–Crippen LogP) is 4.52. The second kappa shape index (κ2) is 9.98. The summed E-state index contributed by atoms with van der Waals surface area (Å²) in [6.07, 6.45) is 0. The zero-order valence-electron chi connectivity index (χ0n) is 19.3. The van der Waals surface area contributed by atoms with Gasteiger partial charge in [-0.15, -0.1) is 0 Å². The summed E-state index contributed by atoms with van der Waals surface area (Å²) in [5.74, 6) is 0.413. The Kier molecular flexibility index (Phi) is 6.83. The highest BCUT2D eigenvalue weighted by molar-refractivity contribution is 7.92. The van der Waals surface area contributed by atoms with Crippen LogP contribution < -0.4 is 9.46 Å². The Hall–Kier alpha value is -4.18. The molecular formula is C25H23N3O6S. The van der Waals surface area contributed by atoms with E-state index in [0.29, 0.717) is 28.4 Å². The minimum Gasteiger partial charge on any atom is -0.497 e. The summed E-state index contributed by atoms with van der Waals surface area (Å²) in [7, 11) is -2.35. The van der Waals surface area contributed by atoms with Crippen LogP contribution in [0.25, 0.3) is 11.4 Å². The van der Waals surface area contributed by atoms with Gasteiger partial charge in [0.25, 0.3) is 15.9 Å². The van der Waals surface area contributed by atoms with Gasteiger partial charge in [0.15, 0.2) is 6.61 Å². The Balaban J connectivity index is 1.45. The third-order valence-corrected chi connectivity index (χ3v) is 6.68. The van der Waals surface area contributed by atoms with Crippen molar-refractivity contribution in [3.8, 4) is 17.1 Å². The van der Waals surface area contributed by atoms with Gasteiger partial charge >= 0.3 is 5.97 Å². The van der Waals surface area contributed by atoms with Crippen LogP contribution in [0.15, 0.2) is 76.1 Å². The van der Waals surface area contributed by atoms with Crippen molar-refractivity contribution < 1.29 is 27.2 Å². The number of esters is 1. The van der Waals surface area contributed by atoms with E-state index in [0.717, 1.165) is 5.56 Å². The van der Waals surface area contributed by atoms with Gasteiger partial charge in [-0.3, -0.25) is 4.72 Å². The van der Waals surface area contributed by atoms with Gasteiger partial charge in [-0.25, -0.2) is 13.2 Å². The molecule has 4 rings (SSSR count). The smallest absolute Gasteiger partial charge is 0.338 e. The molecule has 0 atom stereocenters. The minimum atomic E-state index is -3.92. The molecule has 0 radical (unpaired) electrons. The number of nitrogens with one attached hydrogen (secondary N) is 1. The number of aromatic nitrogens is 2. The lowest BCUT2D eigenvalue weighted by atomic mass is 10.1. The van der Waals surface area contributed by atoms with Gasteiger partial charge in [0.1, 0.15) is 5.75 Å². The monoisotopic (exact) mass is 493 g/mol. The zero-order chi connectivity index (χ0) is 25.0. The number of sulfonamides is 1. The van der Waals surface area contributed by atoms with E-state index in [1.54, 1.807) is 68.6 Å². The van der Waals surface area contributed by atoms with Crippen molar-refractivity contribution in [3.63, 3.8) is 0 Å². The maximum absolute atomic E-state index is 12.9. The molecule has 1 aromatic heterocycles. The van der Waals surface area contributed by atoms with Gasteiger partial charge < -0.3 is 14.0 Å². The van der Waals surface area contributed by atoms with Gasteiger partial charge in [-0.1, -0.05) is 28.9 Å². The van der Waals surface area contributed by atoms with E-state index in [9.17, 15) is 13.2 Å². The molecule has 180 valence electrons. The van der Waals surface area contributed by atoms with Crippen molar-refractivity contribution in [1.82, 2.24) is 10.1 Å². The number of ether oxygens (including phenoxy) is 2. The highest BCUT2D eigenvalue weighted by Crippen LogP contribution is 2.23. The van der Waals surface area contributed by atoms with Crippen LogP contribution in [-0.4, -0.2) is 31.6 Å². The SMILES string of the molecule is COc1ccc(-c2noc(COC(=O)c3ccc(C)c(S(=O)(=O)Nc4ccc(C)cc4)c3)n2)cc1. The molecule has 1 heterocycles. The van der Waals surface area contributed by atoms with E-state index in [-0.39, 0.29) is 23.0 Å². The fourth-order valence-electron chi connectivity index (χ4n) is 3.23. The normalized spacial score (nSPS) is 11.2. The molecule has 0 aliphatic rings. The summed E-state index contributed by atoms with van der Waals surface area (Å²) in [4.78, 5) is 16.8. The van der Waals surface area contributed by atoms with Gasteiger partial charge in [0, 0.05) is 11.3 Å². The van der Waals surface area contributed by atoms with Gasteiger partial charge in [-0.2, -0.15) is 4.98 Å². The number of hydrogen-bond donors (Lipinski definition) is 1. The molecule has 0 aliphatic heterocycles. The first-order valence-electron chi connectivity index (χ1n) is 10.6. The van der Waals surface area contributed by atoms with E-state index < -0.39 is 16.0 Å². The Labute approximate surface area is 202 Å². The first-order chi connectivity index (χ1) is 16.7. The molecule has 1 N–H and O–H groups in total. The maximum atomic E-state index is 12.9. The third kappa shape index (κ3) is 5.67. The highest BCUT2D eigenvalue weighted by atomic mass is 32.2. The number of hydrogen-bond acceptors (Lipinski definition) is 8. The summed E-state index contributed by atoms with van der Waals surface area (Å²) in [6.45, 7) is 3.29. The molecule has 10 heteroatoms. The van der Waals surface area contributed by atoms with E-state index in [1.807, 2.05) is 6.92 Å². The van der Waals surface area contributed by atoms with Crippen molar-refractivity contribution in [2.75, 3.05) is 11.8 Å². The highest BCUT2D eigenvalue weighted by Gasteiger charge is 2.20. The van der Waals surface area contributed by atoms with E-state index in [1.165, 1.54) is 12.1 Å². The number of carbonyl (C=O) groups excluding carboxylic acids is 1. The van der Waals surface area contributed by atoms with Crippen LogP contribution in [0.3, 0.4) is 0 Å². The fraction of sp³-hybridized carbons (Fsp3) is 0.160. The summed E-state index contributed by atoms with van der Waals surface area (Å²) in [5, 5.41) is 3.89. The molecule has 0 saturated carbocycles. The lowest BCUT2D eigenvalue weighted by Gasteiger charge is -2.12. The molecule has 3 aromatic carbocycles. The number of carbonyl (C=O) groups is 1. The largest absolute Gasteiger partial charge is 0.497 e. The van der Waals surface area contributed by atoms with E-state index >= 15 is 0 Å². The quantitative estimate of drug-likeness (QED) is 0.356. The average molecular weight is 494 g/mol. The Morgan fingerprint density at radius 1 is 1.00 bits per heavy atom. The van der Waals surface area contributed by atoms with Crippen molar-refractivity contribution in [2.45, 2.75) is 25.3 Å². The molecule has 4 aromatic rings. The van der Waals surface area contributed by atoms with Crippen LogP contribution in [0, 0.1) is 13.8 Å². The second-order valence-electron chi connectivity index (χ2n) is 7.77. The van der Waals surface area contributed by atoms with Crippen LogP contribution in [0.4, 0.5) is 5.69 Å². The maximum Gasteiger partial charge on any atom is 0.338 e. The lowest BCUT2D eigenvalue weighted by Crippen LogP contribution is -2.15. The van der Waals surface area contributed by atoms with Gasteiger partial charge in [0.05, 0.1) is 17.6 Å². The van der Waals surface area contributed by atoms with Crippen molar-refractivity contribution in [3.05, 3.63) is 89.3 Å². The molecule has 0 aliphatic carbocycles. The Bertz CT molecular complexity index is 1450. The molecule has 0 bridgehead atoms. The standard InChI is InChI=1S/C25H23N3O6S/c1-16-4-10-20(11-5-16)28-35(30,31)22-14-19(7-6-17(22)2)25(29)33-15-23-26-24(27-34-23)18-8-12-21(32-3)13-9-18/h4-14,28H,15H2,1-3H3. The van der Waals surface area contributed by atoms with Gasteiger partial charge in [0.2, 0.25) is 5.82 Å². The van der Waals surface area contributed by atoms with Crippen molar-refractivity contribution in [1.29, 1.82) is 0 Å². The molecule has 0 spiro atoms. The van der Waals surface area contributed by atoms with Gasteiger partial charge in [-0.05, 0) is 67.9 Å². The second-order valence-corrected chi connectivity index (χ2v) is 9.42. The van der Waals surface area contributed by atoms with Crippen LogP contribution >= 0.6 is 0 Å². The van der Waals surface area contributed by atoms with Crippen molar-refractivity contribution in [2.24, 2.45) is 0 Å². The number of aryl methyl sites for hydroxylation is 2. The molecule has 0 unspecified atom stereocenters. The Morgan fingerprint density at radius 2 is 1.71 bits per heavy atom. The van der Waals surface area contributed by atoms with Crippen LogP contribution in [0.1, 0.15) is 27.4 Å². The van der Waals surface area contributed by atoms with Crippen LogP contribution in [0.2, 0.25) is 0 Å². The van der Waals surface area contributed by atoms with E-state index in [4.69, 9.17) is 14.0 Å². The molecule has 9 nitrogen and oxygen atoms in total. The first kappa shape index (κ1) is 24.0. The molecular weight excluding hydrogens is 470 g/mol. The molecule has 0 saturated heterocycles. The average Bonchev–Trinajstić information content (AvgIpc) is 3.33. The number of methoxy groups -OCH3 is 1. The third-order valence-electron chi connectivity index (χ3n) is 5.16. The summed E-state index contributed by atoms with van der Waals surface area (Å²) in [5.41, 5.74) is 2.71. The topological polar surface area (TPSA) is 121 Å². The molecule has 0 amide bonds. The van der Waals surface area contributed by atoms with Crippen molar-refractivity contribution >= 4 is 21.7 Å². The number of nitrogens with zero attached hydrogens (tertiary/aromatic N) is 2. The summed E-state index contributed by atoms with van der Waals surface area (Å²) < 4.78 is 44.0. The first-order valence-corrected chi connectivity index (χ1v) is 12.1. The number of rotatable bonds is 8. The molecule has 0 fully saturated rings. The predicted molar refractivity (Wildman–Crippen MR) is 129 cm³/mol. The van der Waals surface area contributed by atoms with Crippen LogP contribution in [-0.2, 0) is 21.4 Å². The summed E-state index contributed by atoms with van der Waals surface area (Å²) >= 11 is 0. The summed E-state index contributed by atoms with van der Waals surface area (Å²) in [6, 6.07) is 18.4. The number of anilines is 1. The lowest BCUT2D eigenvalue weighted by molar-refractivity contribution is 0.0429. The fourth-order valence-corrected chi connectivity index (χ4v) is 4.56.